The number of benzene rings is 2. The number of aryl methyl sites for hydroxylation is 1. The number of hydrogen-bond acceptors (Lipinski definition) is 5. The maximum absolute atomic E-state index is 5.56. The van der Waals surface area contributed by atoms with Gasteiger partial charge in [0.15, 0.2) is 12.2 Å². The molecule has 0 N–H and O–H groups in total. The van der Waals surface area contributed by atoms with Gasteiger partial charge in [0.2, 0.25) is 0 Å². The molecule has 0 saturated heterocycles. The van der Waals surface area contributed by atoms with E-state index in [-0.39, 0.29) is 6.04 Å². The number of aromatic nitrogens is 3. The van der Waals surface area contributed by atoms with Crippen LogP contribution in [0.15, 0.2) is 70.8 Å². The molecule has 6 heteroatoms. The first-order valence-corrected chi connectivity index (χ1v) is 12.9. The number of rotatable bonds is 2. The lowest BCUT2D eigenvalue weighted by molar-refractivity contribution is 0.568. The Morgan fingerprint density at radius 3 is 2.62 bits per heavy atom. The second-order valence-electron chi connectivity index (χ2n) is 7.98. The predicted molar refractivity (Wildman–Crippen MR) is 141 cm³/mol. The zero-order valence-electron chi connectivity index (χ0n) is 20.2. The number of fused-ring (bicyclic) bond motifs is 3. The van der Waals surface area contributed by atoms with Crippen LogP contribution < -0.4 is 0 Å². The van der Waals surface area contributed by atoms with Crippen LogP contribution in [0, 0.1) is 18.8 Å². The molecule has 1 aliphatic heterocycles. The van der Waals surface area contributed by atoms with E-state index in [9.17, 15) is 0 Å². The summed E-state index contributed by atoms with van der Waals surface area (Å²) in [5, 5.41) is 0. The number of nitrogens with zero attached hydrogens (tertiary/aromatic N) is 4. The van der Waals surface area contributed by atoms with Crippen LogP contribution in [0.4, 0.5) is 0 Å². The molecular formula is C28H28N4OS. The van der Waals surface area contributed by atoms with E-state index in [1.165, 1.54) is 12.0 Å². The molecule has 1 aliphatic rings. The van der Waals surface area contributed by atoms with Gasteiger partial charge in [-0.2, -0.15) is 11.8 Å². The molecule has 0 bridgehead atoms. The third-order valence-electron chi connectivity index (χ3n) is 5.51. The van der Waals surface area contributed by atoms with Crippen molar-refractivity contribution in [3.63, 3.8) is 0 Å². The van der Waals surface area contributed by atoms with Gasteiger partial charge < -0.3 is 4.42 Å². The van der Waals surface area contributed by atoms with Crippen LogP contribution in [0.1, 0.15) is 54.3 Å². The van der Waals surface area contributed by atoms with Gasteiger partial charge in [0.25, 0.3) is 0 Å². The zero-order chi connectivity index (χ0) is 24.1. The monoisotopic (exact) mass is 468 g/mol. The quantitative estimate of drug-likeness (QED) is 0.316. The van der Waals surface area contributed by atoms with Crippen LogP contribution >= 0.6 is 11.8 Å². The molecule has 2 aromatic heterocycles. The Balaban J connectivity index is 0.000000868. The van der Waals surface area contributed by atoms with Crippen molar-refractivity contribution in [2.45, 2.75) is 33.2 Å². The van der Waals surface area contributed by atoms with Crippen molar-refractivity contribution in [1.82, 2.24) is 14.5 Å². The van der Waals surface area contributed by atoms with Gasteiger partial charge in [-0.3, -0.25) is 9.56 Å². The predicted octanol–water partition coefficient (Wildman–Crippen LogP) is 6.49. The van der Waals surface area contributed by atoms with Gasteiger partial charge in [-0.1, -0.05) is 43.0 Å². The van der Waals surface area contributed by atoms with Gasteiger partial charge >= 0.3 is 0 Å². The average Bonchev–Trinajstić information content (AvgIpc) is 3.50. The van der Waals surface area contributed by atoms with Crippen molar-refractivity contribution in [3.8, 4) is 29.0 Å². The van der Waals surface area contributed by atoms with E-state index in [0.717, 1.165) is 45.9 Å². The SMILES string of the molecule is CCC#Cc1ccc2c(c1)C(c1ccccc1C)=N[C@@H](C)c1c(-c3cnco3)ncn1-2.CSC. The van der Waals surface area contributed by atoms with Crippen LogP contribution in [-0.4, -0.2) is 32.8 Å². The summed E-state index contributed by atoms with van der Waals surface area (Å²) >= 11 is 1.75. The maximum atomic E-state index is 5.56. The number of oxazole rings is 1. The van der Waals surface area contributed by atoms with Crippen LogP contribution in [0.25, 0.3) is 17.1 Å². The molecule has 1 atom stereocenters. The number of hydrogen-bond donors (Lipinski definition) is 0. The van der Waals surface area contributed by atoms with Gasteiger partial charge in [0, 0.05) is 23.1 Å². The highest BCUT2D eigenvalue weighted by Gasteiger charge is 2.28. The summed E-state index contributed by atoms with van der Waals surface area (Å²) < 4.78 is 7.68. The van der Waals surface area contributed by atoms with E-state index >= 15 is 0 Å². The second-order valence-corrected chi connectivity index (χ2v) is 8.79. The highest BCUT2D eigenvalue weighted by Crippen LogP contribution is 2.36. The molecule has 5 rings (SSSR count). The lowest BCUT2D eigenvalue weighted by Crippen LogP contribution is -2.09. The van der Waals surface area contributed by atoms with Crippen LogP contribution in [0.5, 0.6) is 0 Å². The number of aliphatic imine (C=N–C) groups is 1. The van der Waals surface area contributed by atoms with E-state index in [0.29, 0.717) is 5.76 Å². The highest BCUT2D eigenvalue weighted by molar-refractivity contribution is 7.97. The first kappa shape index (κ1) is 23.6. The lowest BCUT2D eigenvalue weighted by Gasteiger charge is -2.14. The Morgan fingerprint density at radius 1 is 1.12 bits per heavy atom. The van der Waals surface area contributed by atoms with E-state index in [1.807, 2.05) is 18.8 Å². The first-order chi connectivity index (χ1) is 16.6. The molecule has 0 saturated carbocycles. The van der Waals surface area contributed by atoms with Crippen molar-refractivity contribution < 1.29 is 4.42 Å². The van der Waals surface area contributed by atoms with Gasteiger partial charge in [-0.15, -0.1) is 0 Å². The summed E-state index contributed by atoms with van der Waals surface area (Å²) in [5.41, 5.74) is 8.07. The van der Waals surface area contributed by atoms with E-state index < -0.39 is 0 Å². The summed E-state index contributed by atoms with van der Waals surface area (Å²) in [4.78, 5) is 13.9. The van der Waals surface area contributed by atoms with Crippen LogP contribution in [0.2, 0.25) is 0 Å². The normalized spacial score (nSPS) is 13.9. The van der Waals surface area contributed by atoms with Crippen molar-refractivity contribution in [1.29, 1.82) is 0 Å². The molecule has 0 fully saturated rings. The molecule has 0 spiro atoms. The van der Waals surface area contributed by atoms with Gasteiger partial charge in [0.1, 0.15) is 12.0 Å². The molecule has 0 aliphatic carbocycles. The highest BCUT2D eigenvalue weighted by atomic mass is 32.2. The maximum Gasteiger partial charge on any atom is 0.181 e. The smallest absolute Gasteiger partial charge is 0.181 e. The minimum Gasteiger partial charge on any atom is -0.442 e. The molecule has 34 heavy (non-hydrogen) atoms. The van der Waals surface area contributed by atoms with E-state index in [2.05, 4.69) is 89.6 Å². The Morgan fingerprint density at radius 2 is 1.91 bits per heavy atom. The second kappa shape index (κ2) is 10.6. The molecule has 4 aromatic rings. The summed E-state index contributed by atoms with van der Waals surface area (Å²) in [7, 11) is 0. The summed E-state index contributed by atoms with van der Waals surface area (Å²) in [6.07, 6.45) is 9.86. The average molecular weight is 469 g/mol. The van der Waals surface area contributed by atoms with Crippen LogP contribution in [0.3, 0.4) is 0 Å². The van der Waals surface area contributed by atoms with Gasteiger partial charge in [-0.05, 0) is 50.1 Å². The fraction of sp³-hybridized carbons (Fsp3) is 0.250. The molecule has 2 aromatic carbocycles. The third-order valence-corrected chi connectivity index (χ3v) is 5.51. The Hall–Kier alpha value is -3.56. The summed E-state index contributed by atoms with van der Waals surface area (Å²) in [5.74, 6) is 7.08. The molecule has 0 amide bonds. The molecular weight excluding hydrogens is 440 g/mol. The van der Waals surface area contributed by atoms with Crippen molar-refractivity contribution in [2.75, 3.05) is 12.5 Å². The van der Waals surface area contributed by atoms with E-state index in [4.69, 9.17) is 9.41 Å². The van der Waals surface area contributed by atoms with Crippen molar-refractivity contribution in [3.05, 3.63) is 89.3 Å². The van der Waals surface area contributed by atoms with Gasteiger partial charge in [-0.25, -0.2) is 9.97 Å². The molecule has 0 unspecified atom stereocenters. The molecule has 3 heterocycles. The molecule has 5 nitrogen and oxygen atoms in total. The lowest BCUT2D eigenvalue weighted by atomic mass is 9.95. The standard InChI is InChI=1S/C26H22N4O.C2H6S/c1-4-5-9-19-11-12-22-21(13-19)24(20-10-7-6-8-17(20)2)29-18(3)26-25(28-15-30(22)26)23-14-27-16-31-23;1-3-2/h6-8,10-16,18H,4H2,1-3H3;1-2H3/t18-;/m0./s1. The zero-order valence-corrected chi connectivity index (χ0v) is 21.0. The molecule has 0 radical (unpaired) electrons. The Bertz CT molecular complexity index is 1370. The van der Waals surface area contributed by atoms with Gasteiger partial charge in [0.05, 0.1) is 29.3 Å². The Kier molecular flexibility index (Phi) is 7.34. The number of imidazole rings is 1. The third kappa shape index (κ3) is 4.57. The van der Waals surface area contributed by atoms with Crippen LogP contribution in [-0.2, 0) is 0 Å². The number of thioether (sulfide) groups is 1. The first-order valence-electron chi connectivity index (χ1n) is 11.2. The minimum absolute atomic E-state index is 0.130. The van der Waals surface area contributed by atoms with Crippen molar-refractivity contribution >= 4 is 17.5 Å². The largest absolute Gasteiger partial charge is 0.442 e. The summed E-state index contributed by atoms with van der Waals surface area (Å²) in [6, 6.07) is 14.5. The Labute approximate surface area is 205 Å². The topological polar surface area (TPSA) is 56.2 Å². The van der Waals surface area contributed by atoms with Crippen molar-refractivity contribution in [2.24, 2.45) is 4.99 Å². The minimum atomic E-state index is -0.130. The van der Waals surface area contributed by atoms with E-state index in [1.54, 1.807) is 18.0 Å². The fourth-order valence-corrected chi connectivity index (χ4v) is 4.05. The molecule has 172 valence electrons. The summed E-state index contributed by atoms with van der Waals surface area (Å²) in [6.45, 7) is 6.27. The fourth-order valence-electron chi connectivity index (χ4n) is 4.05.